The average molecular weight is 226 g/mol. The number of rotatable bonds is 4. The Hall–Kier alpha value is -0.120. The second-order valence-electron chi connectivity index (χ2n) is 5.53. The average Bonchev–Trinajstić information content (AvgIpc) is 2.65. The van der Waals surface area contributed by atoms with Crippen molar-refractivity contribution in [2.45, 2.75) is 45.3 Å². The fourth-order valence-electron chi connectivity index (χ4n) is 2.94. The van der Waals surface area contributed by atoms with Crippen LogP contribution in [0.5, 0.6) is 0 Å². The van der Waals surface area contributed by atoms with Crippen LogP contribution in [0.15, 0.2) is 0 Å². The minimum Gasteiger partial charge on any atom is -0.378 e. The molecule has 4 unspecified atom stereocenters. The molecule has 2 N–H and O–H groups in total. The SMILES string of the molecule is CC1CC(CNCC2CCOC2C)CCN1. The molecular formula is C13H26N2O. The van der Waals surface area contributed by atoms with E-state index in [9.17, 15) is 0 Å². The van der Waals surface area contributed by atoms with Crippen molar-refractivity contribution < 1.29 is 4.74 Å². The highest BCUT2D eigenvalue weighted by Crippen LogP contribution is 2.20. The van der Waals surface area contributed by atoms with E-state index in [1.165, 1.54) is 32.4 Å². The highest BCUT2D eigenvalue weighted by Gasteiger charge is 2.24. The van der Waals surface area contributed by atoms with Gasteiger partial charge in [-0.2, -0.15) is 0 Å². The van der Waals surface area contributed by atoms with Crippen molar-refractivity contribution in [1.82, 2.24) is 10.6 Å². The second-order valence-corrected chi connectivity index (χ2v) is 5.53. The third-order valence-corrected chi connectivity index (χ3v) is 4.11. The van der Waals surface area contributed by atoms with E-state index < -0.39 is 0 Å². The lowest BCUT2D eigenvalue weighted by molar-refractivity contribution is 0.105. The Balaban J connectivity index is 1.60. The van der Waals surface area contributed by atoms with E-state index >= 15 is 0 Å². The molecule has 2 heterocycles. The lowest BCUT2D eigenvalue weighted by Gasteiger charge is -2.28. The zero-order chi connectivity index (χ0) is 11.4. The van der Waals surface area contributed by atoms with Crippen LogP contribution in [0.2, 0.25) is 0 Å². The summed E-state index contributed by atoms with van der Waals surface area (Å²) in [5.74, 6) is 1.60. The lowest BCUT2D eigenvalue weighted by atomic mass is 9.93. The van der Waals surface area contributed by atoms with Crippen LogP contribution in [0.25, 0.3) is 0 Å². The maximum absolute atomic E-state index is 5.58. The van der Waals surface area contributed by atoms with Gasteiger partial charge in [-0.1, -0.05) is 0 Å². The van der Waals surface area contributed by atoms with Gasteiger partial charge in [0.15, 0.2) is 0 Å². The first kappa shape index (κ1) is 12.3. The van der Waals surface area contributed by atoms with Gasteiger partial charge in [0.05, 0.1) is 6.10 Å². The molecule has 0 radical (unpaired) electrons. The second kappa shape index (κ2) is 5.99. The number of nitrogens with one attached hydrogen (secondary N) is 2. The topological polar surface area (TPSA) is 33.3 Å². The van der Waals surface area contributed by atoms with E-state index in [-0.39, 0.29) is 0 Å². The minimum atomic E-state index is 0.458. The molecule has 0 aromatic rings. The Morgan fingerprint density at radius 2 is 2.12 bits per heavy atom. The maximum atomic E-state index is 5.58. The normalized spacial score (nSPS) is 40.1. The van der Waals surface area contributed by atoms with Gasteiger partial charge in [0, 0.05) is 19.2 Å². The molecule has 3 heteroatoms. The van der Waals surface area contributed by atoms with Crippen molar-refractivity contribution in [2.24, 2.45) is 11.8 Å². The summed E-state index contributed by atoms with van der Waals surface area (Å²) in [7, 11) is 0. The lowest BCUT2D eigenvalue weighted by Crippen LogP contribution is -2.40. The van der Waals surface area contributed by atoms with Crippen LogP contribution in [0, 0.1) is 11.8 Å². The van der Waals surface area contributed by atoms with Crippen molar-refractivity contribution in [1.29, 1.82) is 0 Å². The molecule has 0 spiro atoms. The summed E-state index contributed by atoms with van der Waals surface area (Å²) in [5, 5.41) is 7.14. The van der Waals surface area contributed by atoms with Gasteiger partial charge in [-0.25, -0.2) is 0 Å². The molecule has 3 nitrogen and oxygen atoms in total. The van der Waals surface area contributed by atoms with Gasteiger partial charge in [-0.3, -0.25) is 0 Å². The zero-order valence-corrected chi connectivity index (χ0v) is 10.7. The van der Waals surface area contributed by atoms with Crippen LogP contribution in [-0.4, -0.2) is 38.4 Å². The van der Waals surface area contributed by atoms with E-state index in [0.717, 1.165) is 25.0 Å². The fraction of sp³-hybridized carbons (Fsp3) is 1.00. The zero-order valence-electron chi connectivity index (χ0n) is 10.7. The highest BCUT2D eigenvalue weighted by atomic mass is 16.5. The quantitative estimate of drug-likeness (QED) is 0.760. The van der Waals surface area contributed by atoms with Crippen LogP contribution in [0.4, 0.5) is 0 Å². The molecule has 0 aromatic heterocycles. The van der Waals surface area contributed by atoms with Crippen LogP contribution in [-0.2, 0) is 4.74 Å². The van der Waals surface area contributed by atoms with Crippen molar-refractivity contribution in [3.05, 3.63) is 0 Å². The molecule has 2 rings (SSSR count). The van der Waals surface area contributed by atoms with Crippen molar-refractivity contribution in [2.75, 3.05) is 26.2 Å². The molecule has 4 atom stereocenters. The third-order valence-electron chi connectivity index (χ3n) is 4.11. The summed E-state index contributed by atoms with van der Waals surface area (Å²) < 4.78 is 5.58. The Labute approximate surface area is 99.3 Å². The molecule has 0 saturated carbocycles. The molecule has 0 aromatic carbocycles. The smallest absolute Gasteiger partial charge is 0.0588 e. The monoisotopic (exact) mass is 226 g/mol. The van der Waals surface area contributed by atoms with E-state index in [1.54, 1.807) is 0 Å². The van der Waals surface area contributed by atoms with Crippen LogP contribution in [0.3, 0.4) is 0 Å². The highest BCUT2D eigenvalue weighted by molar-refractivity contribution is 4.79. The van der Waals surface area contributed by atoms with E-state index in [1.807, 2.05) is 0 Å². The first-order valence-corrected chi connectivity index (χ1v) is 6.81. The van der Waals surface area contributed by atoms with Gasteiger partial charge in [0.1, 0.15) is 0 Å². The molecule has 2 saturated heterocycles. The van der Waals surface area contributed by atoms with Gasteiger partial charge in [0.25, 0.3) is 0 Å². The molecule has 94 valence electrons. The Kier molecular flexibility index (Phi) is 4.62. The molecule has 2 aliphatic rings. The van der Waals surface area contributed by atoms with Gasteiger partial charge in [0.2, 0.25) is 0 Å². The Morgan fingerprint density at radius 3 is 2.81 bits per heavy atom. The maximum Gasteiger partial charge on any atom is 0.0588 e. The number of hydrogen-bond donors (Lipinski definition) is 2. The van der Waals surface area contributed by atoms with Crippen LogP contribution >= 0.6 is 0 Å². The van der Waals surface area contributed by atoms with Crippen molar-refractivity contribution in [3.63, 3.8) is 0 Å². The molecule has 0 amide bonds. The number of ether oxygens (including phenoxy) is 1. The van der Waals surface area contributed by atoms with E-state index in [0.29, 0.717) is 12.1 Å². The fourth-order valence-corrected chi connectivity index (χ4v) is 2.94. The summed E-state index contributed by atoms with van der Waals surface area (Å²) >= 11 is 0. The van der Waals surface area contributed by atoms with Crippen molar-refractivity contribution >= 4 is 0 Å². The third kappa shape index (κ3) is 3.44. The van der Waals surface area contributed by atoms with E-state index in [4.69, 9.17) is 4.74 Å². The Morgan fingerprint density at radius 1 is 1.25 bits per heavy atom. The summed E-state index contributed by atoms with van der Waals surface area (Å²) in [4.78, 5) is 0. The van der Waals surface area contributed by atoms with Crippen LogP contribution < -0.4 is 10.6 Å². The molecule has 2 fully saturated rings. The molecule has 16 heavy (non-hydrogen) atoms. The number of hydrogen-bond acceptors (Lipinski definition) is 3. The summed E-state index contributed by atoms with van der Waals surface area (Å²) in [5.41, 5.74) is 0. The van der Waals surface area contributed by atoms with Gasteiger partial charge in [-0.05, 0) is 58.0 Å². The molecule has 0 aliphatic carbocycles. The van der Waals surface area contributed by atoms with Gasteiger partial charge >= 0.3 is 0 Å². The van der Waals surface area contributed by atoms with Crippen LogP contribution in [0.1, 0.15) is 33.1 Å². The Bertz CT molecular complexity index is 210. The first-order valence-electron chi connectivity index (χ1n) is 6.81. The largest absolute Gasteiger partial charge is 0.378 e. The van der Waals surface area contributed by atoms with Gasteiger partial charge < -0.3 is 15.4 Å². The summed E-state index contributed by atoms with van der Waals surface area (Å²) in [6, 6.07) is 0.703. The summed E-state index contributed by atoms with van der Waals surface area (Å²) in [6.45, 7) is 8.97. The van der Waals surface area contributed by atoms with Crippen molar-refractivity contribution in [3.8, 4) is 0 Å². The predicted octanol–water partition coefficient (Wildman–Crippen LogP) is 1.39. The molecule has 0 bridgehead atoms. The first-order chi connectivity index (χ1) is 7.75. The van der Waals surface area contributed by atoms with Gasteiger partial charge in [-0.15, -0.1) is 0 Å². The number of piperidine rings is 1. The standard InChI is InChI=1S/C13H26N2O/c1-10-7-12(3-5-15-10)8-14-9-13-4-6-16-11(13)2/h10-15H,3-9H2,1-2H3. The molecular weight excluding hydrogens is 200 g/mol. The predicted molar refractivity (Wildman–Crippen MR) is 66.6 cm³/mol. The molecule has 2 aliphatic heterocycles. The van der Waals surface area contributed by atoms with E-state index in [2.05, 4.69) is 24.5 Å². The summed E-state index contributed by atoms with van der Waals surface area (Å²) in [6.07, 6.45) is 4.34. The minimum absolute atomic E-state index is 0.458.